The third-order valence-electron chi connectivity index (χ3n) is 3.93. The van der Waals surface area contributed by atoms with Crippen LogP contribution in [-0.4, -0.2) is 17.3 Å². The van der Waals surface area contributed by atoms with Gasteiger partial charge in [-0.05, 0) is 31.4 Å². The molecule has 2 rings (SSSR count). The maximum atomic E-state index is 13.0. The molecule has 1 fully saturated rings. The highest BCUT2D eigenvalue weighted by atomic mass is 19.4. The van der Waals surface area contributed by atoms with Crippen molar-refractivity contribution in [1.82, 2.24) is 5.32 Å². The van der Waals surface area contributed by atoms with Gasteiger partial charge in [-0.1, -0.05) is 31.0 Å². The van der Waals surface area contributed by atoms with Crippen LogP contribution in [0.5, 0.6) is 0 Å². The van der Waals surface area contributed by atoms with E-state index in [4.69, 9.17) is 0 Å². The third-order valence-corrected chi connectivity index (χ3v) is 3.93. The van der Waals surface area contributed by atoms with Crippen molar-refractivity contribution in [3.63, 3.8) is 0 Å². The van der Waals surface area contributed by atoms with Crippen LogP contribution in [0.2, 0.25) is 0 Å². The molecule has 112 valence electrons. The van der Waals surface area contributed by atoms with Crippen molar-refractivity contribution >= 4 is 0 Å². The molecule has 20 heavy (non-hydrogen) atoms. The molecule has 1 aliphatic rings. The molecule has 3 unspecified atom stereocenters. The van der Waals surface area contributed by atoms with Gasteiger partial charge in [-0.2, -0.15) is 13.2 Å². The molecule has 1 aromatic carbocycles. The summed E-state index contributed by atoms with van der Waals surface area (Å²) in [5.41, 5.74) is -0.372. The van der Waals surface area contributed by atoms with Crippen molar-refractivity contribution < 1.29 is 18.3 Å². The number of nitrogens with one attached hydrogen (secondary N) is 1. The Morgan fingerprint density at radius 3 is 2.50 bits per heavy atom. The molecule has 2 nitrogen and oxygen atoms in total. The van der Waals surface area contributed by atoms with Crippen molar-refractivity contribution in [3.8, 4) is 0 Å². The van der Waals surface area contributed by atoms with Crippen LogP contribution >= 0.6 is 0 Å². The minimum Gasteiger partial charge on any atom is -0.392 e. The molecule has 0 radical (unpaired) electrons. The molecular weight excluding hydrogens is 267 g/mol. The lowest BCUT2D eigenvalue weighted by atomic mass is 9.91. The van der Waals surface area contributed by atoms with Crippen molar-refractivity contribution in [2.75, 3.05) is 0 Å². The van der Waals surface area contributed by atoms with Crippen LogP contribution in [0.1, 0.15) is 49.8 Å². The standard InChI is InChI=1S/C15H20F3NO/c1-10(19-13-8-4-5-9-14(13)20)11-6-2-3-7-12(11)15(16,17)18/h2-3,6-7,10,13-14,19-20H,4-5,8-9H2,1H3. The summed E-state index contributed by atoms with van der Waals surface area (Å²) in [6, 6.07) is 5.04. The van der Waals surface area contributed by atoms with E-state index in [1.54, 1.807) is 13.0 Å². The van der Waals surface area contributed by atoms with Gasteiger partial charge in [0.15, 0.2) is 0 Å². The number of halogens is 3. The molecule has 0 saturated heterocycles. The van der Waals surface area contributed by atoms with E-state index in [0.29, 0.717) is 6.42 Å². The second-order valence-corrected chi connectivity index (χ2v) is 5.43. The van der Waals surface area contributed by atoms with Crippen LogP contribution < -0.4 is 5.32 Å². The van der Waals surface area contributed by atoms with Crippen LogP contribution in [0, 0.1) is 0 Å². The Kier molecular flexibility index (Phi) is 4.70. The smallest absolute Gasteiger partial charge is 0.392 e. The van der Waals surface area contributed by atoms with Crippen molar-refractivity contribution in [1.29, 1.82) is 0 Å². The summed E-state index contributed by atoms with van der Waals surface area (Å²) in [6.45, 7) is 1.71. The Balaban J connectivity index is 2.15. The van der Waals surface area contributed by atoms with Crippen LogP contribution in [0.25, 0.3) is 0 Å². The SMILES string of the molecule is CC(NC1CCCCC1O)c1ccccc1C(F)(F)F. The van der Waals surface area contributed by atoms with E-state index in [-0.39, 0.29) is 11.6 Å². The molecule has 0 aliphatic heterocycles. The number of hydrogen-bond acceptors (Lipinski definition) is 2. The average molecular weight is 287 g/mol. The number of alkyl halides is 3. The lowest BCUT2D eigenvalue weighted by molar-refractivity contribution is -0.138. The molecule has 1 saturated carbocycles. The van der Waals surface area contributed by atoms with Crippen LogP contribution in [0.3, 0.4) is 0 Å². The number of benzene rings is 1. The maximum Gasteiger partial charge on any atom is 0.416 e. The lowest BCUT2D eigenvalue weighted by Crippen LogP contribution is -2.43. The number of rotatable bonds is 3. The van der Waals surface area contributed by atoms with E-state index in [2.05, 4.69) is 5.32 Å². The zero-order chi connectivity index (χ0) is 14.8. The van der Waals surface area contributed by atoms with E-state index in [0.717, 1.165) is 25.3 Å². The Morgan fingerprint density at radius 1 is 1.20 bits per heavy atom. The zero-order valence-corrected chi connectivity index (χ0v) is 11.5. The molecule has 0 heterocycles. The van der Waals surface area contributed by atoms with Gasteiger partial charge in [-0.25, -0.2) is 0 Å². The first-order chi connectivity index (χ1) is 9.39. The van der Waals surface area contributed by atoms with Crippen molar-refractivity contribution in [2.24, 2.45) is 0 Å². The van der Waals surface area contributed by atoms with Crippen LogP contribution in [-0.2, 0) is 6.18 Å². The molecule has 0 amide bonds. The van der Waals surface area contributed by atoms with Gasteiger partial charge in [0.2, 0.25) is 0 Å². The Hall–Kier alpha value is -1.07. The van der Waals surface area contributed by atoms with E-state index in [1.807, 2.05) is 0 Å². The molecule has 3 atom stereocenters. The monoisotopic (exact) mass is 287 g/mol. The van der Waals surface area contributed by atoms with E-state index >= 15 is 0 Å². The first-order valence-electron chi connectivity index (χ1n) is 7.00. The fourth-order valence-electron chi connectivity index (χ4n) is 2.85. The maximum absolute atomic E-state index is 13.0. The summed E-state index contributed by atoms with van der Waals surface area (Å²) < 4.78 is 39.0. The molecule has 0 spiro atoms. The summed E-state index contributed by atoms with van der Waals surface area (Å²) in [4.78, 5) is 0. The highest BCUT2D eigenvalue weighted by molar-refractivity contribution is 5.32. The first-order valence-corrected chi connectivity index (χ1v) is 7.00. The van der Waals surface area contributed by atoms with E-state index < -0.39 is 23.9 Å². The highest BCUT2D eigenvalue weighted by Gasteiger charge is 2.35. The van der Waals surface area contributed by atoms with Gasteiger partial charge in [0.05, 0.1) is 11.7 Å². The predicted molar refractivity (Wildman–Crippen MR) is 71.3 cm³/mol. The Bertz CT molecular complexity index is 447. The van der Waals surface area contributed by atoms with Crippen LogP contribution in [0.15, 0.2) is 24.3 Å². The van der Waals surface area contributed by atoms with E-state index in [9.17, 15) is 18.3 Å². The van der Waals surface area contributed by atoms with Gasteiger partial charge in [0.1, 0.15) is 0 Å². The zero-order valence-electron chi connectivity index (χ0n) is 11.5. The van der Waals surface area contributed by atoms with Gasteiger partial charge < -0.3 is 10.4 Å². The van der Waals surface area contributed by atoms with E-state index in [1.165, 1.54) is 12.1 Å². The van der Waals surface area contributed by atoms with Crippen LogP contribution in [0.4, 0.5) is 13.2 Å². The fraction of sp³-hybridized carbons (Fsp3) is 0.600. The number of aliphatic hydroxyl groups is 1. The predicted octanol–water partition coefficient (Wildman–Crippen LogP) is 3.66. The Labute approximate surface area is 117 Å². The lowest BCUT2D eigenvalue weighted by Gasteiger charge is -2.32. The van der Waals surface area contributed by atoms with Gasteiger partial charge >= 0.3 is 6.18 Å². The van der Waals surface area contributed by atoms with Gasteiger partial charge in [0.25, 0.3) is 0 Å². The average Bonchev–Trinajstić information content (AvgIpc) is 2.40. The summed E-state index contributed by atoms with van der Waals surface area (Å²) in [5, 5.41) is 13.1. The number of aliphatic hydroxyl groups excluding tert-OH is 1. The summed E-state index contributed by atoms with van der Waals surface area (Å²) in [7, 11) is 0. The van der Waals surface area contributed by atoms with Gasteiger partial charge in [-0.15, -0.1) is 0 Å². The third kappa shape index (κ3) is 3.52. The first kappa shape index (κ1) is 15.3. The largest absolute Gasteiger partial charge is 0.416 e. The fourth-order valence-corrected chi connectivity index (χ4v) is 2.85. The summed E-state index contributed by atoms with van der Waals surface area (Å²) in [6.07, 6.45) is -1.32. The Morgan fingerprint density at radius 2 is 1.85 bits per heavy atom. The molecule has 0 aromatic heterocycles. The summed E-state index contributed by atoms with van der Waals surface area (Å²) >= 11 is 0. The second-order valence-electron chi connectivity index (χ2n) is 5.43. The quantitative estimate of drug-likeness (QED) is 0.889. The van der Waals surface area contributed by atoms with Crippen molar-refractivity contribution in [2.45, 2.75) is 57.0 Å². The molecule has 1 aromatic rings. The number of hydrogen-bond donors (Lipinski definition) is 2. The van der Waals surface area contributed by atoms with Gasteiger partial charge in [-0.3, -0.25) is 0 Å². The molecular formula is C15H20F3NO. The van der Waals surface area contributed by atoms with Gasteiger partial charge in [0, 0.05) is 12.1 Å². The normalized spacial score (nSPS) is 25.4. The molecule has 1 aliphatic carbocycles. The topological polar surface area (TPSA) is 32.3 Å². The highest BCUT2D eigenvalue weighted by Crippen LogP contribution is 2.35. The minimum absolute atomic E-state index is 0.125. The molecule has 2 N–H and O–H groups in total. The molecule has 0 bridgehead atoms. The summed E-state index contributed by atoms with van der Waals surface area (Å²) in [5.74, 6) is 0. The van der Waals surface area contributed by atoms with Crippen molar-refractivity contribution in [3.05, 3.63) is 35.4 Å². The molecule has 5 heteroatoms. The minimum atomic E-state index is -4.35. The second kappa shape index (κ2) is 6.14.